The molecule has 0 saturated carbocycles. The zero-order chi connectivity index (χ0) is 21.8. The van der Waals surface area contributed by atoms with Gasteiger partial charge in [-0.2, -0.15) is 0 Å². The van der Waals surface area contributed by atoms with Gasteiger partial charge in [-0.25, -0.2) is 4.79 Å². The minimum atomic E-state index is -1.13. The van der Waals surface area contributed by atoms with Gasteiger partial charge in [0.1, 0.15) is 5.57 Å². The van der Waals surface area contributed by atoms with Crippen LogP contribution in [-0.2, 0) is 14.4 Å². The number of carbonyl (C=O) groups is 3. The standard InChI is InChI=1S/C21H18N2O6S/c1-12-3-6-14(7-4-12)23-20(27)15(19(26)22-21(23)30)9-13-5-8-16(17(10-13)28-2)29-11-18(24)25/h3-10H,11H2,1-2H3,(H,24,25)(H,22,26,30)/b15-9+. The molecule has 1 heterocycles. The molecule has 30 heavy (non-hydrogen) atoms. The molecule has 1 saturated heterocycles. The van der Waals surface area contributed by atoms with Crippen molar-refractivity contribution >= 4 is 46.9 Å². The number of benzene rings is 2. The Bertz CT molecular complexity index is 1060. The molecule has 0 unspecified atom stereocenters. The number of amides is 2. The highest BCUT2D eigenvalue weighted by Crippen LogP contribution is 2.30. The summed E-state index contributed by atoms with van der Waals surface area (Å²) >= 11 is 5.18. The number of hydrogen-bond acceptors (Lipinski definition) is 6. The van der Waals surface area contributed by atoms with Gasteiger partial charge >= 0.3 is 5.97 Å². The zero-order valence-corrected chi connectivity index (χ0v) is 17.0. The van der Waals surface area contributed by atoms with Crippen LogP contribution in [0.2, 0.25) is 0 Å². The number of aryl methyl sites for hydroxylation is 1. The molecule has 1 aliphatic heterocycles. The second-order valence-corrected chi connectivity index (χ2v) is 6.77. The molecule has 154 valence electrons. The highest BCUT2D eigenvalue weighted by molar-refractivity contribution is 7.80. The highest BCUT2D eigenvalue weighted by Gasteiger charge is 2.34. The van der Waals surface area contributed by atoms with Crippen molar-refractivity contribution in [1.29, 1.82) is 0 Å². The molecule has 0 radical (unpaired) electrons. The maximum Gasteiger partial charge on any atom is 0.341 e. The SMILES string of the molecule is COc1cc(/C=C2\C(=O)NC(=S)N(c3ccc(C)cc3)C2=O)ccc1OCC(=O)O. The molecule has 9 heteroatoms. The number of carboxylic acids is 1. The molecule has 0 aromatic heterocycles. The number of nitrogens with one attached hydrogen (secondary N) is 1. The maximum absolute atomic E-state index is 13.0. The Kier molecular flexibility index (Phi) is 6.12. The van der Waals surface area contributed by atoms with Crippen LogP contribution < -0.4 is 19.7 Å². The van der Waals surface area contributed by atoms with Crippen molar-refractivity contribution in [2.75, 3.05) is 18.6 Å². The fourth-order valence-corrected chi connectivity index (χ4v) is 3.07. The van der Waals surface area contributed by atoms with Gasteiger partial charge in [0.05, 0.1) is 12.8 Å². The second-order valence-electron chi connectivity index (χ2n) is 6.39. The van der Waals surface area contributed by atoms with Crippen LogP contribution in [0.5, 0.6) is 11.5 Å². The van der Waals surface area contributed by atoms with Gasteiger partial charge < -0.3 is 14.6 Å². The Morgan fingerprint density at radius 3 is 2.50 bits per heavy atom. The number of nitrogens with zero attached hydrogens (tertiary/aromatic N) is 1. The van der Waals surface area contributed by atoms with E-state index in [0.717, 1.165) is 5.56 Å². The van der Waals surface area contributed by atoms with Crippen molar-refractivity contribution in [3.63, 3.8) is 0 Å². The third kappa shape index (κ3) is 4.47. The summed E-state index contributed by atoms with van der Waals surface area (Å²) in [6.45, 7) is 1.39. The third-order valence-corrected chi connectivity index (χ3v) is 4.53. The van der Waals surface area contributed by atoms with Crippen LogP contribution in [0.1, 0.15) is 11.1 Å². The quantitative estimate of drug-likeness (QED) is 0.415. The minimum Gasteiger partial charge on any atom is -0.493 e. The summed E-state index contributed by atoms with van der Waals surface area (Å²) < 4.78 is 10.4. The van der Waals surface area contributed by atoms with E-state index < -0.39 is 24.4 Å². The van der Waals surface area contributed by atoms with Gasteiger partial charge in [-0.05, 0) is 55.0 Å². The van der Waals surface area contributed by atoms with E-state index in [-0.39, 0.29) is 22.2 Å². The molecule has 0 aliphatic carbocycles. The molecule has 0 spiro atoms. The van der Waals surface area contributed by atoms with Gasteiger partial charge in [-0.15, -0.1) is 0 Å². The van der Waals surface area contributed by atoms with E-state index in [4.69, 9.17) is 26.8 Å². The molecule has 3 rings (SSSR count). The van der Waals surface area contributed by atoms with E-state index in [1.165, 1.54) is 30.2 Å². The third-order valence-electron chi connectivity index (χ3n) is 4.24. The fraction of sp³-hybridized carbons (Fsp3) is 0.143. The molecule has 0 bridgehead atoms. The lowest BCUT2D eigenvalue weighted by atomic mass is 10.1. The Hall–Kier alpha value is -3.72. The fourth-order valence-electron chi connectivity index (χ4n) is 2.79. The smallest absolute Gasteiger partial charge is 0.341 e. The summed E-state index contributed by atoms with van der Waals surface area (Å²) in [5, 5.41) is 11.3. The van der Waals surface area contributed by atoms with Crippen LogP contribution in [0, 0.1) is 6.92 Å². The van der Waals surface area contributed by atoms with Crippen LogP contribution in [0.3, 0.4) is 0 Å². The van der Waals surface area contributed by atoms with Gasteiger partial charge in [0.25, 0.3) is 11.8 Å². The van der Waals surface area contributed by atoms with E-state index >= 15 is 0 Å². The van der Waals surface area contributed by atoms with Crippen molar-refractivity contribution in [3.8, 4) is 11.5 Å². The first kappa shape index (κ1) is 21.0. The lowest BCUT2D eigenvalue weighted by Crippen LogP contribution is -2.54. The number of anilines is 1. The average Bonchev–Trinajstić information content (AvgIpc) is 2.71. The molecule has 1 fully saturated rings. The molecule has 2 N–H and O–H groups in total. The molecule has 1 aliphatic rings. The molecule has 2 aromatic carbocycles. The summed E-state index contributed by atoms with van der Waals surface area (Å²) in [6.07, 6.45) is 1.41. The Morgan fingerprint density at radius 2 is 1.87 bits per heavy atom. The number of rotatable bonds is 6. The van der Waals surface area contributed by atoms with Gasteiger partial charge in [0, 0.05) is 0 Å². The topological polar surface area (TPSA) is 105 Å². The van der Waals surface area contributed by atoms with E-state index in [0.29, 0.717) is 11.3 Å². The van der Waals surface area contributed by atoms with Crippen LogP contribution in [0.25, 0.3) is 6.08 Å². The minimum absolute atomic E-state index is 0.000928. The number of methoxy groups -OCH3 is 1. The lowest BCUT2D eigenvalue weighted by Gasteiger charge is -2.29. The molecule has 2 aromatic rings. The van der Waals surface area contributed by atoms with Crippen LogP contribution in [0.15, 0.2) is 48.0 Å². The Morgan fingerprint density at radius 1 is 1.17 bits per heavy atom. The van der Waals surface area contributed by atoms with Crippen LogP contribution in [-0.4, -0.2) is 41.7 Å². The van der Waals surface area contributed by atoms with Crippen LogP contribution >= 0.6 is 12.2 Å². The van der Waals surface area contributed by atoms with Gasteiger partial charge in [-0.3, -0.25) is 19.8 Å². The highest BCUT2D eigenvalue weighted by atomic mass is 32.1. The molecule has 2 amide bonds. The first-order valence-electron chi connectivity index (χ1n) is 8.81. The number of carbonyl (C=O) groups excluding carboxylic acids is 2. The summed E-state index contributed by atoms with van der Waals surface area (Å²) in [6, 6.07) is 11.8. The number of ether oxygens (including phenoxy) is 2. The normalized spacial score (nSPS) is 15.2. The van der Waals surface area contributed by atoms with E-state index in [1.807, 2.05) is 19.1 Å². The summed E-state index contributed by atoms with van der Waals surface area (Å²) in [4.78, 5) is 37.4. The van der Waals surface area contributed by atoms with Crippen molar-refractivity contribution in [2.24, 2.45) is 0 Å². The monoisotopic (exact) mass is 426 g/mol. The van der Waals surface area contributed by atoms with Crippen molar-refractivity contribution < 1.29 is 29.0 Å². The molecular formula is C21H18N2O6S. The number of thiocarbonyl (C=S) groups is 1. The number of carboxylic acid groups (broad SMARTS) is 1. The number of aliphatic carboxylic acids is 1. The summed E-state index contributed by atoms with van der Waals surface area (Å²) in [7, 11) is 1.40. The predicted molar refractivity (Wildman–Crippen MR) is 114 cm³/mol. The van der Waals surface area contributed by atoms with E-state index in [9.17, 15) is 14.4 Å². The Labute approximate surface area is 177 Å². The molecular weight excluding hydrogens is 408 g/mol. The predicted octanol–water partition coefficient (Wildman–Crippen LogP) is 2.30. The van der Waals surface area contributed by atoms with E-state index in [1.54, 1.807) is 18.2 Å². The summed E-state index contributed by atoms with van der Waals surface area (Å²) in [5.41, 5.74) is 1.94. The largest absolute Gasteiger partial charge is 0.493 e. The second kappa shape index (κ2) is 8.75. The Balaban J connectivity index is 1.94. The van der Waals surface area contributed by atoms with Gasteiger partial charge in [0.2, 0.25) is 0 Å². The average molecular weight is 426 g/mol. The first-order valence-corrected chi connectivity index (χ1v) is 9.21. The first-order chi connectivity index (χ1) is 14.3. The van der Waals surface area contributed by atoms with Crippen molar-refractivity contribution in [2.45, 2.75) is 6.92 Å². The molecule has 8 nitrogen and oxygen atoms in total. The lowest BCUT2D eigenvalue weighted by molar-refractivity contribution is -0.139. The maximum atomic E-state index is 13.0. The van der Waals surface area contributed by atoms with Crippen LogP contribution in [0.4, 0.5) is 5.69 Å². The number of hydrogen-bond donors (Lipinski definition) is 2. The van der Waals surface area contributed by atoms with Gasteiger partial charge in [-0.1, -0.05) is 23.8 Å². The zero-order valence-electron chi connectivity index (χ0n) is 16.2. The van der Waals surface area contributed by atoms with E-state index in [2.05, 4.69) is 5.32 Å². The van der Waals surface area contributed by atoms with Crippen molar-refractivity contribution in [1.82, 2.24) is 5.32 Å². The summed E-state index contributed by atoms with van der Waals surface area (Å²) in [5.74, 6) is -1.81. The molecule has 0 atom stereocenters. The van der Waals surface area contributed by atoms with Crippen molar-refractivity contribution in [3.05, 3.63) is 59.2 Å². The van der Waals surface area contributed by atoms with Gasteiger partial charge in [0.15, 0.2) is 23.2 Å².